The Morgan fingerprint density at radius 1 is 1.32 bits per heavy atom. The van der Waals surface area contributed by atoms with Crippen LogP contribution in [0.25, 0.3) is 10.1 Å². The molecule has 0 saturated heterocycles. The summed E-state index contributed by atoms with van der Waals surface area (Å²) < 4.78 is 14.0. The van der Waals surface area contributed by atoms with Gasteiger partial charge in [0.2, 0.25) is 0 Å². The number of carbonyl (C=O) groups excluding carboxylic acids is 2. The van der Waals surface area contributed by atoms with Crippen molar-refractivity contribution in [2.45, 2.75) is 20.3 Å². The molecule has 0 aliphatic carbocycles. The Morgan fingerprint density at radius 2 is 2.04 bits per heavy atom. The maximum Gasteiger partial charge on any atom is 0.267 e. The second kappa shape index (κ2) is 6.74. The average molecular weight is 397 g/mol. The number of benzene rings is 1. The predicted octanol–water partition coefficient (Wildman–Crippen LogP) is 4.98. The first kappa shape index (κ1) is 17.8. The Morgan fingerprint density at radius 3 is 2.68 bits per heavy atom. The van der Waals surface area contributed by atoms with Crippen LogP contribution in [0.4, 0.5) is 9.39 Å². The number of aryl methyl sites for hydroxylation is 1. The third-order valence-electron chi connectivity index (χ3n) is 3.83. The summed E-state index contributed by atoms with van der Waals surface area (Å²) in [5.74, 6) is -1.42. The van der Waals surface area contributed by atoms with Crippen LogP contribution in [0.1, 0.15) is 37.4 Å². The van der Waals surface area contributed by atoms with Gasteiger partial charge >= 0.3 is 0 Å². The fourth-order valence-electron chi connectivity index (χ4n) is 2.70. The van der Waals surface area contributed by atoms with E-state index in [0.29, 0.717) is 27.1 Å². The number of hydrogen-bond donors (Lipinski definition) is 2. The average Bonchev–Trinajstić information content (AvgIpc) is 3.03. The molecule has 25 heavy (non-hydrogen) atoms. The third-order valence-corrected chi connectivity index (χ3v) is 6.55. The van der Waals surface area contributed by atoms with Crippen LogP contribution in [-0.4, -0.2) is 11.8 Å². The van der Waals surface area contributed by atoms with E-state index >= 15 is 0 Å². The van der Waals surface area contributed by atoms with Crippen molar-refractivity contribution in [2.24, 2.45) is 5.73 Å². The lowest BCUT2D eigenvalue weighted by atomic mass is 10.1. The molecule has 130 valence electrons. The fourth-order valence-corrected chi connectivity index (χ4v) is 5.28. The molecule has 8 heteroatoms. The minimum Gasteiger partial charge on any atom is -0.365 e. The van der Waals surface area contributed by atoms with Crippen molar-refractivity contribution in [1.82, 2.24) is 0 Å². The maximum absolute atomic E-state index is 13.4. The number of rotatable bonds is 4. The van der Waals surface area contributed by atoms with Crippen LogP contribution < -0.4 is 11.1 Å². The Hall–Kier alpha value is -1.96. The van der Waals surface area contributed by atoms with Crippen molar-refractivity contribution in [3.8, 4) is 0 Å². The molecule has 0 aliphatic rings. The van der Waals surface area contributed by atoms with Crippen molar-refractivity contribution in [3.63, 3.8) is 0 Å². The summed E-state index contributed by atoms with van der Waals surface area (Å²) in [6, 6.07) is 4.17. The van der Waals surface area contributed by atoms with Crippen molar-refractivity contribution in [2.75, 3.05) is 5.32 Å². The standard InChI is InChI=1S/C17H14ClFN2O2S2/c1-3-9-7(2)24-17(12(9)15(20)22)21-16(23)14-13(18)10-5-4-8(19)6-11(10)25-14/h4-6H,3H2,1-2H3,(H2,20,22)(H,21,23). The van der Waals surface area contributed by atoms with Crippen molar-refractivity contribution in [3.05, 3.63) is 49.9 Å². The number of nitrogens with one attached hydrogen (secondary N) is 1. The largest absolute Gasteiger partial charge is 0.365 e. The second-order valence-electron chi connectivity index (χ2n) is 5.40. The smallest absolute Gasteiger partial charge is 0.267 e. The number of amides is 2. The molecule has 0 aliphatic heterocycles. The molecule has 2 heterocycles. The molecule has 3 rings (SSSR count). The molecule has 0 radical (unpaired) electrons. The monoisotopic (exact) mass is 396 g/mol. The second-order valence-corrected chi connectivity index (χ2v) is 8.05. The van der Waals surface area contributed by atoms with Gasteiger partial charge < -0.3 is 11.1 Å². The number of halogens is 2. The highest BCUT2D eigenvalue weighted by molar-refractivity contribution is 7.22. The van der Waals surface area contributed by atoms with E-state index in [9.17, 15) is 14.0 Å². The summed E-state index contributed by atoms with van der Waals surface area (Å²) in [5, 5.41) is 4.02. The Balaban J connectivity index is 2.01. The van der Waals surface area contributed by atoms with Gasteiger partial charge in [0.05, 0.1) is 10.6 Å². The van der Waals surface area contributed by atoms with Crippen LogP contribution >= 0.6 is 34.3 Å². The molecule has 0 unspecified atom stereocenters. The first-order valence-electron chi connectivity index (χ1n) is 7.44. The molecule has 2 amide bonds. The van der Waals surface area contributed by atoms with Gasteiger partial charge in [0.15, 0.2) is 0 Å². The number of thiophene rings is 2. The van der Waals surface area contributed by atoms with E-state index in [-0.39, 0.29) is 9.90 Å². The van der Waals surface area contributed by atoms with Crippen LogP contribution in [-0.2, 0) is 6.42 Å². The van der Waals surface area contributed by atoms with E-state index in [1.807, 2.05) is 13.8 Å². The van der Waals surface area contributed by atoms with E-state index in [0.717, 1.165) is 21.8 Å². The van der Waals surface area contributed by atoms with Crippen LogP contribution in [0, 0.1) is 12.7 Å². The molecule has 3 N–H and O–H groups in total. The lowest BCUT2D eigenvalue weighted by molar-refractivity contribution is 0.100. The highest BCUT2D eigenvalue weighted by Gasteiger charge is 2.23. The SMILES string of the molecule is CCc1c(C)sc(NC(=O)c2sc3cc(F)ccc3c2Cl)c1C(N)=O. The molecule has 0 spiro atoms. The molecular formula is C17H14ClFN2O2S2. The van der Waals surface area contributed by atoms with Crippen LogP contribution in [0.2, 0.25) is 5.02 Å². The molecule has 0 saturated carbocycles. The van der Waals surface area contributed by atoms with Crippen molar-refractivity contribution < 1.29 is 14.0 Å². The number of hydrogen-bond acceptors (Lipinski definition) is 4. The zero-order valence-electron chi connectivity index (χ0n) is 13.4. The van der Waals surface area contributed by atoms with E-state index in [4.69, 9.17) is 17.3 Å². The summed E-state index contributed by atoms with van der Waals surface area (Å²) in [5.41, 5.74) is 6.64. The number of nitrogens with two attached hydrogens (primary N) is 1. The maximum atomic E-state index is 13.4. The van der Waals surface area contributed by atoms with E-state index in [2.05, 4.69) is 5.32 Å². The van der Waals surface area contributed by atoms with Gasteiger partial charge in [-0.25, -0.2) is 4.39 Å². The molecule has 2 aromatic heterocycles. The number of carbonyl (C=O) groups is 2. The highest BCUT2D eigenvalue weighted by Crippen LogP contribution is 2.38. The molecule has 3 aromatic rings. The van der Waals surface area contributed by atoms with Gasteiger partial charge in [-0.1, -0.05) is 18.5 Å². The van der Waals surface area contributed by atoms with Gasteiger partial charge in [0, 0.05) is 15.0 Å². The van der Waals surface area contributed by atoms with E-state index in [1.165, 1.54) is 23.5 Å². The van der Waals surface area contributed by atoms with Crippen LogP contribution in [0.3, 0.4) is 0 Å². The fraction of sp³-hybridized carbons (Fsp3) is 0.176. The van der Waals surface area contributed by atoms with Gasteiger partial charge in [-0.3, -0.25) is 9.59 Å². The molecule has 1 aromatic carbocycles. The molecule has 0 fully saturated rings. The molecular weight excluding hydrogens is 383 g/mol. The Kier molecular flexibility index (Phi) is 4.81. The van der Waals surface area contributed by atoms with Crippen molar-refractivity contribution >= 4 is 61.2 Å². The lowest BCUT2D eigenvalue weighted by Gasteiger charge is -2.05. The summed E-state index contributed by atoms with van der Waals surface area (Å²) >= 11 is 8.68. The van der Waals surface area contributed by atoms with Gasteiger partial charge in [0.25, 0.3) is 11.8 Å². The number of primary amides is 1. The highest BCUT2D eigenvalue weighted by atomic mass is 35.5. The lowest BCUT2D eigenvalue weighted by Crippen LogP contribution is -2.17. The third kappa shape index (κ3) is 3.15. The van der Waals surface area contributed by atoms with Gasteiger partial charge in [-0.15, -0.1) is 22.7 Å². The summed E-state index contributed by atoms with van der Waals surface area (Å²) in [6.45, 7) is 3.80. The summed E-state index contributed by atoms with van der Waals surface area (Å²) in [6.07, 6.45) is 0.638. The first-order valence-corrected chi connectivity index (χ1v) is 9.45. The zero-order chi connectivity index (χ0) is 18.3. The minimum absolute atomic E-state index is 0.266. The van der Waals surface area contributed by atoms with Crippen molar-refractivity contribution in [1.29, 1.82) is 0 Å². The van der Waals surface area contributed by atoms with Gasteiger partial charge in [0.1, 0.15) is 15.7 Å². The number of fused-ring (bicyclic) bond motifs is 1. The predicted molar refractivity (Wildman–Crippen MR) is 102 cm³/mol. The van der Waals surface area contributed by atoms with Gasteiger partial charge in [-0.05, 0) is 37.1 Å². The zero-order valence-corrected chi connectivity index (χ0v) is 15.8. The van der Waals surface area contributed by atoms with E-state index in [1.54, 1.807) is 6.07 Å². The first-order chi connectivity index (χ1) is 11.8. The quantitative estimate of drug-likeness (QED) is 0.652. The van der Waals surface area contributed by atoms with Gasteiger partial charge in [-0.2, -0.15) is 0 Å². The van der Waals surface area contributed by atoms with E-state index < -0.39 is 17.6 Å². The van der Waals surface area contributed by atoms with Crippen LogP contribution in [0.5, 0.6) is 0 Å². The Labute approximate surface area is 156 Å². The summed E-state index contributed by atoms with van der Waals surface area (Å²) in [4.78, 5) is 25.6. The summed E-state index contributed by atoms with van der Waals surface area (Å²) in [7, 11) is 0. The Bertz CT molecular complexity index is 1010. The molecule has 0 bridgehead atoms. The minimum atomic E-state index is -0.582. The number of anilines is 1. The topological polar surface area (TPSA) is 72.2 Å². The molecule has 0 atom stereocenters. The van der Waals surface area contributed by atoms with Crippen LogP contribution in [0.15, 0.2) is 18.2 Å². The molecule has 4 nitrogen and oxygen atoms in total. The normalized spacial score (nSPS) is 11.0.